The summed E-state index contributed by atoms with van der Waals surface area (Å²) in [6.07, 6.45) is 0. The summed E-state index contributed by atoms with van der Waals surface area (Å²) >= 11 is 6.33. The van der Waals surface area contributed by atoms with Gasteiger partial charge in [0.1, 0.15) is 0 Å². The van der Waals surface area contributed by atoms with Crippen LogP contribution in [0.2, 0.25) is 0 Å². The molecule has 0 radical (unpaired) electrons. The van der Waals surface area contributed by atoms with Gasteiger partial charge in [0.25, 0.3) is 5.79 Å². The van der Waals surface area contributed by atoms with Crippen molar-refractivity contribution < 1.29 is 19.1 Å². The van der Waals surface area contributed by atoms with Gasteiger partial charge in [0.15, 0.2) is 5.57 Å². The molecule has 2 fully saturated rings. The van der Waals surface area contributed by atoms with E-state index in [4.69, 9.17) is 9.47 Å². The lowest BCUT2D eigenvalue weighted by molar-refractivity contribution is -0.234. The number of hydrogen-bond acceptors (Lipinski definition) is 6. The second-order valence-electron chi connectivity index (χ2n) is 4.59. The fourth-order valence-electron chi connectivity index (χ4n) is 2.07. The Morgan fingerprint density at radius 3 is 2.33 bits per heavy atom. The van der Waals surface area contributed by atoms with Crippen LogP contribution in [0.5, 0.6) is 0 Å². The number of halogens is 1. The third kappa shape index (κ3) is 2.86. The molecular weight excluding hydrogens is 376 g/mol. The molecule has 0 saturated carbocycles. The van der Waals surface area contributed by atoms with Gasteiger partial charge in [0.05, 0.1) is 4.24 Å². The first kappa shape index (κ1) is 15.0. The molecule has 1 aromatic rings. The monoisotopic (exact) mass is 386 g/mol. The van der Waals surface area contributed by atoms with Gasteiger partial charge in [-0.15, -0.1) is 23.5 Å². The van der Waals surface area contributed by atoms with Crippen molar-refractivity contribution >= 4 is 51.4 Å². The highest BCUT2D eigenvalue weighted by Gasteiger charge is 2.45. The Labute approximate surface area is 138 Å². The molecule has 0 aliphatic carbocycles. The number of esters is 2. The minimum atomic E-state index is -1.39. The Balaban J connectivity index is 1.95. The summed E-state index contributed by atoms with van der Waals surface area (Å²) in [6.45, 7) is 1.57. The number of carbonyl (C=O) groups is 2. The summed E-state index contributed by atoms with van der Waals surface area (Å²) in [5, 5.41) is 0. The lowest BCUT2D eigenvalue weighted by Gasteiger charge is -2.33. The van der Waals surface area contributed by atoms with Crippen molar-refractivity contribution in [1.29, 1.82) is 0 Å². The van der Waals surface area contributed by atoms with Crippen LogP contribution < -0.4 is 0 Å². The van der Waals surface area contributed by atoms with E-state index in [1.165, 1.54) is 23.5 Å². The summed E-state index contributed by atoms with van der Waals surface area (Å²) in [4.78, 5) is 24.5. The van der Waals surface area contributed by atoms with Crippen molar-refractivity contribution in [3.05, 3.63) is 44.1 Å². The van der Waals surface area contributed by atoms with E-state index in [0.717, 1.165) is 16.0 Å². The molecule has 0 unspecified atom stereocenters. The largest absolute Gasteiger partial charge is 0.414 e. The van der Waals surface area contributed by atoms with Crippen LogP contribution in [0.3, 0.4) is 0 Å². The number of thioether (sulfide) groups is 2. The zero-order chi connectivity index (χ0) is 15.0. The number of ether oxygens (including phenoxy) is 2. The minimum Gasteiger partial charge on any atom is -0.414 e. The van der Waals surface area contributed by atoms with Gasteiger partial charge in [0, 0.05) is 28.5 Å². The second kappa shape index (κ2) is 5.70. The molecular formula is C14H11BrO4S2. The van der Waals surface area contributed by atoms with Gasteiger partial charge in [-0.05, 0) is 12.1 Å². The van der Waals surface area contributed by atoms with Crippen molar-refractivity contribution in [2.75, 3.05) is 11.5 Å². The van der Waals surface area contributed by atoms with Gasteiger partial charge in [-0.3, -0.25) is 0 Å². The summed E-state index contributed by atoms with van der Waals surface area (Å²) in [7, 11) is 0. The molecule has 2 heterocycles. The van der Waals surface area contributed by atoms with Crippen LogP contribution in [0, 0.1) is 0 Å². The highest BCUT2D eigenvalue weighted by molar-refractivity contribution is 9.10. The molecule has 4 nitrogen and oxygen atoms in total. The number of hydrogen-bond donors (Lipinski definition) is 0. The van der Waals surface area contributed by atoms with Crippen LogP contribution >= 0.6 is 39.5 Å². The third-order valence-corrected chi connectivity index (χ3v) is 6.29. The highest BCUT2D eigenvalue weighted by atomic mass is 79.9. The van der Waals surface area contributed by atoms with Crippen molar-refractivity contribution in [3.8, 4) is 0 Å². The normalized spacial score (nSPS) is 25.8. The van der Waals surface area contributed by atoms with Crippen LogP contribution in [0.25, 0.3) is 0 Å². The van der Waals surface area contributed by atoms with Crippen LogP contribution in [0.4, 0.5) is 0 Å². The molecule has 0 spiro atoms. The first-order valence-electron chi connectivity index (χ1n) is 6.22. The third-order valence-electron chi connectivity index (χ3n) is 3.09. The van der Waals surface area contributed by atoms with Crippen LogP contribution in [-0.2, 0) is 24.8 Å². The summed E-state index contributed by atoms with van der Waals surface area (Å²) < 4.78 is 12.4. The predicted molar refractivity (Wildman–Crippen MR) is 85.6 cm³/mol. The molecule has 1 aromatic carbocycles. The van der Waals surface area contributed by atoms with Gasteiger partial charge >= 0.3 is 11.9 Å². The molecule has 2 aliphatic rings. The molecule has 21 heavy (non-hydrogen) atoms. The van der Waals surface area contributed by atoms with Gasteiger partial charge in [-0.1, -0.05) is 28.1 Å². The predicted octanol–water partition coefficient (Wildman–Crippen LogP) is 3.41. The van der Waals surface area contributed by atoms with Gasteiger partial charge < -0.3 is 9.47 Å². The van der Waals surface area contributed by atoms with Crippen molar-refractivity contribution in [2.45, 2.75) is 12.7 Å². The molecule has 0 aromatic heterocycles. The molecule has 110 valence electrons. The van der Waals surface area contributed by atoms with Gasteiger partial charge in [-0.2, -0.15) is 0 Å². The van der Waals surface area contributed by atoms with E-state index >= 15 is 0 Å². The molecule has 7 heteroatoms. The van der Waals surface area contributed by atoms with E-state index in [0.29, 0.717) is 9.80 Å². The molecule has 2 aliphatic heterocycles. The number of benzene rings is 1. The van der Waals surface area contributed by atoms with E-state index in [-0.39, 0.29) is 5.57 Å². The van der Waals surface area contributed by atoms with E-state index in [9.17, 15) is 9.59 Å². The maximum absolute atomic E-state index is 12.2. The highest BCUT2D eigenvalue weighted by Crippen LogP contribution is 2.43. The smallest absolute Gasteiger partial charge is 0.350 e. The Morgan fingerprint density at radius 2 is 1.76 bits per heavy atom. The summed E-state index contributed by atoms with van der Waals surface area (Å²) in [5.74, 6) is -0.869. The quantitative estimate of drug-likeness (QED) is 0.418. The maximum Gasteiger partial charge on any atom is 0.350 e. The molecule has 0 N–H and O–H groups in total. The Bertz CT molecular complexity index is 628. The van der Waals surface area contributed by atoms with Crippen molar-refractivity contribution in [1.82, 2.24) is 0 Å². The second-order valence-corrected chi connectivity index (χ2v) is 7.98. The van der Waals surface area contributed by atoms with E-state index < -0.39 is 17.7 Å². The summed E-state index contributed by atoms with van der Waals surface area (Å²) in [5.41, 5.74) is 0.629. The topological polar surface area (TPSA) is 52.6 Å². The molecule has 0 bridgehead atoms. The molecule has 0 atom stereocenters. The average Bonchev–Trinajstić information content (AvgIpc) is 2.91. The molecule has 2 saturated heterocycles. The Kier molecular flexibility index (Phi) is 4.07. The zero-order valence-electron chi connectivity index (χ0n) is 11.1. The SMILES string of the molecule is CC1(c2cccc(Br)c2)OC(=O)C(=C2SCCS2)C(=O)O1. The first-order valence-corrected chi connectivity index (χ1v) is 8.98. The minimum absolute atomic E-state index is 0.0231. The standard InChI is InChI=1S/C14H11BrO4S2/c1-14(8-3-2-4-9(15)7-8)18-11(16)10(12(17)19-14)13-20-5-6-21-13/h2-4,7H,5-6H2,1H3. The fraction of sp³-hybridized carbons (Fsp3) is 0.286. The number of cyclic esters (lactones) is 2. The van der Waals surface area contributed by atoms with Crippen molar-refractivity contribution in [3.63, 3.8) is 0 Å². The van der Waals surface area contributed by atoms with E-state index in [1.54, 1.807) is 25.1 Å². The zero-order valence-corrected chi connectivity index (χ0v) is 14.3. The maximum atomic E-state index is 12.2. The summed E-state index contributed by atoms with van der Waals surface area (Å²) in [6, 6.07) is 7.15. The Hall–Kier alpha value is -0.920. The van der Waals surface area contributed by atoms with E-state index in [2.05, 4.69) is 15.9 Å². The average molecular weight is 387 g/mol. The number of rotatable bonds is 1. The van der Waals surface area contributed by atoms with Crippen molar-refractivity contribution in [2.24, 2.45) is 0 Å². The lowest BCUT2D eigenvalue weighted by Crippen LogP contribution is -2.42. The van der Waals surface area contributed by atoms with Gasteiger partial charge in [0.2, 0.25) is 0 Å². The lowest BCUT2D eigenvalue weighted by atomic mass is 10.1. The van der Waals surface area contributed by atoms with Crippen LogP contribution in [0.1, 0.15) is 12.5 Å². The van der Waals surface area contributed by atoms with Crippen LogP contribution in [-0.4, -0.2) is 23.4 Å². The fourth-order valence-corrected chi connectivity index (χ4v) is 4.96. The molecule has 3 rings (SSSR count). The number of carbonyl (C=O) groups excluding carboxylic acids is 2. The first-order chi connectivity index (χ1) is 9.99. The van der Waals surface area contributed by atoms with Gasteiger partial charge in [-0.25, -0.2) is 9.59 Å². The van der Waals surface area contributed by atoms with E-state index in [1.807, 2.05) is 6.07 Å². The van der Waals surface area contributed by atoms with Crippen LogP contribution in [0.15, 0.2) is 38.5 Å². The Morgan fingerprint density at radius 1 is 1.14 bits per heavy atom. The molecule has 0 amide bonds.